The van der Waals surface area contributed by atoms with Crippen LogP contribution in [-0.4, -0.2) is 86.9 Å². The van der Waals surface area contributed by atoms with E-state index in [0.717, 1.165) is 65.4 Å². The number of nitrogens with one attached hydrogen (secondary N) is 1. The SMILES string of the molecule is O=C(CC1COCCN1)N1CCCC1CN1CCOCC1. The Morgan fingerprint density at radius 1 is 1.14 bits per heavy atom. The molecule has 120 valence electrons. The molecule has 3 fully saturated rings. The summed E-state index contributed by atoms with van der Waals surface area (Å²) in [4.78, 5) is 17.1. The van der Waals surface area contributed by atoms with Crippen molar-refractivity contribution in [3.8, 4) is 0 Å². The number of ether oxygens (including phenoxy) is 2. The Morgan fingerprint density at radius 2 is 2.00 bits per heavy atom. The van der Waals surface area contributed by atoms with Gasteiger partial charge in [0.2, 0.25) is 5.91 Å². The first-order chi connectivity index (χ1) is 10.3. The van der Waals surface area contributed by atoms with E-state index in [1.807, 2.05) is 0 Å². The second kappa shape index (κ2) is 7.54. The Hall–Kier alpha value is -0.690. The van der Waals surface area contributed by atoms with Gasteiger partial charge in [-0.3, -0.25) is 9.69 Å². The second-order valence-electron chi connectivity index (χ2n) is 6.23. The van der Waals surface area contributed by atoms with E-state index < -0.39 is 0 Å². The number of amides is 1. The molecule has 0 aliphatic carbocycles. The highest BCUT2D eigenvalue weighted by molar-refractivity contribution is 5.77. The van der Waals surface area contributed by atoms with Crippen LogP contribution in [-0.2, 0) is 14.3 Å². The number of nitrogens with zero attached hydrogens (tertiary/aromatic N) is 2. The molecule has 3 aliphatic heterocycles. The molecule has 3 saturated heterocycles. The van der Waals surface area contributed by atoms with Crippen molar-refractivity contribution in [3.63, 3.8) is 0 Å². The summed E-state index contributed by atoms with van der Waals surface area (Å²) in [6.45, 7) is 7.84. The fourth-order valence-electron chi connectivity index (χ4n) is 3.51. The Balaban J connectivity index is 1.49. The Labute approximate surface area is 126 Å². The first-order valence-electron chi connectivity index (χ1n) is 8.23. The largest absolute Gasteiger partial charge is 0.379 e. The number of hydrogen-bond donors (Lipinski definition) is 1. The van der Waals surface area contributed by atoms with Gasteiger partial charge in [0.25, 0.3) is 0 Å². The molecule has 1 amide bonds. The van der Waals surface area contributed by atoms with Crippen LogP contribution in [0.3, 0.4) is 0 Å². The van der Waals surface area contributed by atoms with E-state index >= 15 is 0 Å². The average Bonchev–Trinajstić information content (AvgIpc) is 2.97. The first kappa shape index (κ1) is 15.2. The fourth-order valence-corrected chi connectivity index (χ4v) is 3.51. The van der Waals surface area contributed by atoms with E-state index in [2.05, 4.69) is 15.1 Å². The van der Waals surface area contributed by atoms with E-state index in [9.17, 15) is 4.79 Å². The summed E-state index contributed by atoms with van der Waals surface area (Å²) in [6, 6.07) is 0.580. The maximum Gasteiger partial charge on any atom is 0.224 e. The van der Waals surface area contributed by atoms with E-state index in [-0.39, 0.29) is 11.9 Å². The summed E-state index contributed by atoms with van der Waals surface area (Å²) >= 11 is 0. The van der Waals surface area contributed by atoms with Crippen LogP contribution in [0.5, 0.6) is 0 Å². The van der Waals surface area contributed by atoms with Crippen molar-refractivity contribution in [1.29, 1.82) is 0 Å². The molecule has 0 aromatic rings. The van der Waals surface area contributed by atoms with Crippen molar-refractivity contribution in [1.82, 2.24) is 15.1 Å². The molecule has 0 saturated carbocycles. The topological polar surface area (TPSA) is 54.0 Å². The van der Waals surface area contributed by atoms with Gasteiger partial charge in [-0.1, -0.05) is 0 Å². The van der Waals surface area contributed by atoms with Crippen LogP contribution < -0.4 is 5.32 Å². The highest BCUT2D eigenvalue weighted by Gasteiger charge is 2.31. The third-order valence-electron chi connectivity index (χ3n) is 4.69. The second-order valence-corrected chi connectivity index (χ2v) is 6.23. The first-order valence-corrected chi connectivity index (χ1v) is 8.23. The zero-order chi connectivity index (χ0) is 14.5. The Morgan fingerprint density at radius 3 is 2.76 bits per heavy atom. The molecule has 0 spiro atoms. The van der Waals surface area contributed by atoms with Crippen molar-refractivity contribution in [2.45, 2.75) is 31.3 Å². The van der Waals surface area contributed by atoms with Gasteiger partial charge in [0.15, 0.2) is 0 Å². The maximum absolute atomic E-state index is 12.6. The highest BCUT2D eigenvalue weighted by Crippen LogP contribution is 2.20. The molecule has 1 N–H and O–H groups in total. The molecule has 6 heteroatoms. The lowest BCUT2D eigenvalue weighted by Gasteiger charge is -2.34. The summed E-state index contributed by atoms with van der Waals surface area (Å²) in [5, 5.41) is 3.37. The van der Waals surface area contributed by atoms with Crippen LogP contribution in [0.25, 0.3) is 0 Å². The van der Waals surface area contributed by atoms with Gasteiger partial charge in [-0.25, -0.2) is 0 Å². The van der Waals surface area contributed by atoms with Crippen molar-refractivity contribution < 1.29 is 14.3 Å². The number of carbonyl (C=O) groups excluding carboxylic acids is 1. The zero-order valence-electron chi connectivity index (χ0n) is 12.8. The van der Waals surface area contributed by atoms with Crippen molar-refractivity contribution in [3.05, 3.63) is 0 Å². The molecule has 0 aromatic carbocycles. The van der Waals surface area contributed by atoms with Gasteiger partial charge in [-0.15, -0.1) is 0 Å². The number of carbonyl (C=O) groups is 1. The lowest BCUT2D eigenvalue weighted by Crippen LogP contribution is -2.49. The van der Waals surface area contributed by atoms with E-state index in [4.69, 9.17) is 9.47 Å². The summed E-state index contributed by atoms with van der Waals surface area (Å²) < 4.78 is 10.8. The summed E-state index contributed by atoms with van der Waals surface area (Å²) in [6.07, 6.45) is 2.84. The van der Waals surface area contributed by atoms with Gasteiger partial charge < -0.3 is 19.7 Å². The normalized spacial score (nSPS) is 31.5. The predicted octanol–water partition coefficient (Wildman–Crippen LogP) is -0.312. The smallest absolute Gasteiger partial charge is 0.224 e. The molecular weight excluding hydrogens is 270 g/mol. The van der Waals surface area contributed by atoms with Crippen LogP contribution in [0.2, 0.25) is 0 Å². The van der Waals surface area contributed by atoms with Crippen molar-refractivity contribution in [2.24, 2.45) is 0 Å². The number of rotatable bonds is 4. The van der Waals surface area contributed by atoms with Gasteiger partial charge in [0.05, 0.1) is 26.4 Å². The molecule has 3 heterocycles. The van der Waals surface area contributed by atoms with E-state index in [0.29, 0.717) is 19.1 Å². The maximum atomic E-state index is 12.6. The van der Waals surface area contributed by atoms with Crippen LogP contribution in [0, 0.1) is 0 Å². The van der Waals surface area contributed by atoms with Gasteiger partial charge in [0, 0.05) is 51.2 Å². The Bertz CT molecular complexity index is 341. The van der Waals surface area contributed by atoms with E-state index in [1.165, 1.54) is 0 Å². The van der Waals surface area contributed by atoms with Gasteiger partial charge in [-0.05, 0) is 12.8 Å². The molecule has 21 heavy (non-hydrogen) atoms. The summed E-state index contributed by atoms with van der Waals surface area (Å²) in [5.41, 5.74) is 0. The van der Waals surface area contributed by atoms with Crippen molar-refractivity contribution >= 4 is 5.91 Å². The highest BCUT2D eigenvalue weighted by atomic mass is 16.5. The molecule has 2 atom stereocenters. The molecule has 3 rings (SSSR count). The Kier molecular flexibility index (Phi) is 5.46. The monoisotopic (exact) mass is 297 g/mol. The average molecular weight is 297 g/mol. The van der Waals surface area contributed by atoms with Gasteiger partial charge in [-0.2, -0.15) is 0 Å². The number of hydrogen-bond acceptors (Lipinski definition) is 5. The molecule has 0 aromatic heterocycles. The van der Waals surface area contributed by atoms with Gasteiger partial charge >= 0.3 is 0 Å². The predicted molar refractivity (Wildman–Crippen MR) is 79.2 cm³/mol. The van der Waals surface area contributed by atoms with E-state index in [1.54, 1.807) is 0 Å². The minimum atomic E-state index is 0.191. The molecular formula is C15H27N3O3. The molecule has 0 bridgehead atoms. The molecule has 2 unspecified atom stereocenters. The fraction of sp³-hybridized carbons (Fsp3) is 0.933. The number of morpholine rings is 2. The van der Waals surface area contributed by atoms with Crippen LogP contribution in [0.1, 0.15) is 19.3 Å². The lowest BCUT2D eigenvalue weighted by molar-refractivity contribution is -0.133. The summed E-state index contributed by atoms with van der Waals surface area (Å²) in [5.74, 6) is 0.286. The standard InChI is InChI=1S/C15H27N3O3/c19-15(10-13-12-21-7-3-16-13)18-4-1-2-14(18)11-17-5-8-20-9-6-17/h13-14,16H,1-12H2. The third-order valence-corrected chi connectivity index (χ3v) is 4.69. The lowest BCUT2D eigenvalue weighted by atomic mass is 10.1. The van der Waals surface area contributed by atoms with Crippen LogP contribution in [0.4, 0.5) is 0 Å². The minimum absolute atomic E-state index is 0.191. The molecule has 3 aliphatic rings. The van der Waals surface area contributed by atoms with Crippen LogP contribution >= 0.6 is 0 Å². The molecule has 6 nitrogen and oxygen atoms in total. The van der Waals surface area contributed by atoms with Gasteiger partial charge in [0.1, 0.15) is 0 Å². The minimum Gasteiger partial charge on any atom is -0.379 e. The third kappa shape index (κ3) is 4.16. The van der Waals surface area contributed by atoms with Crippen molar-refractivity contribution in [2.75, 3.05) is 59.2 Å². The quantitative estimate of drug-likeness (QED) is 0.771. The number of likely N-dealkylation sites (tertiary alicyclic amines) is 1. The zero-order valence-corrected chi connectivity index (χ0v) is 12.8. The molecule has 0 radical (unpaired) electrons. The van der Waals surface area contributed by atoms with Crippen LogP contribution in [0.15, 0.2) is 0 Å². The summed E-state index contributed by atoms with van der Waals surface area (Å²) in [7, 11) is 0.